The summed E-state index contributed by atoms with van der Waals surface area (Å²) in [6.45, 7) is 3.20. The van der Waals surface area contributed by atoms with Gasteiger partial charge in [-0.2, -0.15) is 0 Å². The van der Waals surface area contributed by atoms with Crippen LogP contribution in [0, 0.1) is 11.8 Å². The molecule has 0 aromatic heterocycles. The zero-order chi connectivity index (χ0) is 10.7. The first-order chi connectivity index (χ1) is 7.33. The second-order valence-corrected chi connectivity index (χ2v) is 5.35. The van der Waals surface area contributed by atoms with Crippen molar-refractivity contribution in [3.8, 4) is 0 Å². The van der Waals surface area contributed by atoms with Gasteiger partial charge >= 0.3 is 0 Å². The van der Waals surface area contributed by atoms with Crippen molar-refractivity contribution in [3.63, 3.8) is 0 Å². The summed E-state index contributed by atoms with van der Waals surface area (Å²) in [5, 5.41) is 3.81. The van der Waals surface area contributed by atoms with Gasteiger partial charge in [0.2, 0.25) is 0 Å². The molecule has 0 radical (unpaired) electrons. The zero-order valence-electron chi connectivity index (χ0n) is 10.2. The zero-order valence-corrected chi connectivity index (χ0v) is 10.2. The van der Waals surface area contributed by atoms with E-state index in [0.29, 0.717) is 6.04 Å². The van der Waals surface area contributed by atoms with E-state index in [9.17, 15) is 0 Å². The lowest BCUT2D eigenvalue weighted by Crippen LogP contribution is -2.42. The highest BCUT2D eigenvalue weighted by Gasteiger charge is 2.33. The Morgan fingerprint density at radius 3 is 2.47 bits per heavy atom. The maximum absolute atomic E-state index is 5.31. The molecule has 2 atom stereocenters. The minimum atomic E-state index is 0.624. The summed E-state index contributed by atoms with van der Waals surface area (Å²) >= 11 is 0. The standard InChI is InChI=1S/C13H25NO/c1-3-12(8-10-4-5-10)14-13(9-15-2)11-6-7-11/h10-14H,3-9H2,1-2H3. The Kier molecular flexibility index (Phi) is 4.04. The third-order valence-corrected chi connectivity index (χ3v) is 3.79. The Labute approximate surface area is 93.8 Å². The van der Waals surface area contributed by atoms with Crippen molar-refractivity contribution >= 4 is 0 Å². The van der Waals surface area contributed by atoms with E-state index in [2.05, 4.69) is 12.2 Å². The number of rotatable bonds is 8. The molecular formula is C13H25NO. The SMILES string of the molecule is CCC(CC1CC1)NC(COC)C1CC1. The van der Waals surface area contributed by atoms with Crippen LogP contribution in [0.15, 0.2) is 0 Å². The molecule has 88 valence electrons. The predicted octanol–water partition coefficient (Wildman–Crippen LogP) is 2.58. The fourth-order valence-corrected chi connectivity index (χ4v) is 2.41. The molecule has 0 heterocycles. The highest BCUT2D eigenvalue weighted by Crippen LogP contribution is 2.36. The first-order valence-corrected chi connectivity index (χ1v) is 6.58. The summed E-state index contributed by atoms with van der Waals surface area (Å²) in [5.41, 5.74) is 0. The van der Waals surface area contributed by atoms with Crippen LogP contribution in [0.25, 0.3) is 0 Å². The van der Waals surface area contributed by atoms with Gasteiger partial charge in [0.05, 0.1) is 6.61 Å². The number of methoxy groups -OCH3 is 1. The van der Waals surface area contributed by atoms with Crippen LogP contribution >= 0.6 is 0 Å². The molecule has 1 N–H and O–H groups in total. The van der Waals surface area contributed by atoms with E-state index < -0.39 is 0 Å². The third-order valence-electron chi connectivity index (χ3n) is 3.79. The van der Waals surface area contributed by atoms with Crippen molar-refractivity contribution in [2.24, 2.45) is 11.8 Å². The first-order valence-electron chi connectivity index (χ1n) is 6.58. The van der Waals surface area contributed by atoms with Crippen molar-refractivity contribution in [1.82, 2.24) is 5.32 Å². The van der Waals surface area contributed by atoms with Crippen molar-refractivity contribution in [2.45, 2.75) is 57.5 Å². The van der Waals surface area contributed by atoms with Crippen LogP contribution in [-0.2, 0) is 4.74 Å². The Morgan fingerprint density at radius 2 is 2.00 bits per heavy atom. The molecule has 2 heteroatoms. The molecule has 2 nitrogen and oxygen atoms in total. The molecule has 2 saturated carbocycles. The molecule has 0 aromatic carbocycles. The van der Waals surface area contributed by atoms with Crippen molar-refractivity contribution in [3.05, 3.63) is 0 Å². The number of ether oxygens (including phenoxy) is 1. The highest BCUT2D eigenvalue weighted by atomic mass is 16.5. The first kappa shape index (κ1) is 11.4. The lowest BCUT2D eigenvalue weighted by Gasteiger charge is -2.24. The second kappa shape index (κ2) is 5.31. The van der Waals surface area contributed by atoms with E-state index >= 15 is 0 Å². The van der Waals surface area contributed by atoms with Crippen LogP contribution in [0.1, 0.15) is 45.4 Å². The van der Waals surface area contributed by atoms with Gasteiger partial charge in [-0.1, -0.05) is 19.8 Å². The van der Waals surface area contributed by atoms with E-state index in [0.717, 1.165) is 24.5 Å². The molecule has 0 aliphatic heterocycles. The van der Waals surface area contributed by atoms with Crippen molar-refractivity contribution in [1.29, 1.82) is 0 Å². The number of nitrogens with one attached hydrogen (secondary N) is 1. The van der Waals surface area contributed by atoms with Gasteiger partial charge in [-0.3, -0.25) is 0 Å². The van der Waals surface area contributed by atoms with Crippen molar-refractivity contribution in [2.75, 3.05) is 13.7 Å². The molecule has 2 unspecified atom stereocenters. The van der Waals surface area contributed by atoms with E-state index in [4.69, 9.17) is 4.74 Å². The summed E-state index contributed by atoms with van der Waals surface area (Å²) in [6.07, 6.45) is 8.40. The minimum Gasteiger partial charge on any atom is -0.383 e. The van der Waals surface area contributed by atoms with Gasteiger partial charge in [-0.25, -0.2) is 0 Å². The lowest BCUT2D eigenvalue weighted by molar-refractivity contribution is 0.149. The molecular weight excluding hydrogens is 186 g/mol. The van der Waals surface area contributed by atoms with Crippen LogP contribution in [0.2, 0.25) is 0 Å². The normalized spacial score (nSPS) is 25.2. The Morgan fingerprint density at radius 1 is 1.27 bits per heavy atom. The van der Waals surface area contributed by atoms with E-state index in [1.807, 2.05) is 7.11 Å². The fourth-order valence-electron chi connectivity index (χ4n) is 2.41. The Balaban J connectivity index is 1.73. The van der Waals surface area contributed by atoms with E-state index in [1.165, 1.54) is 38.5 Å². The van der Waals surface area contributed by atoms with Gasteiger partial charge < -0.3 is 10.1 Å². The maximum Gasteiger partial charge on any atom is 0.0618 e. The molecule has 0 aromatic rings. The van der Waals surface area contributed by atoms with Gasteiger partial charge in [0.15, 0.2) is 0 Å². The van der Waals surface area contributed by atoms with Crippen LogP contribution < -0.4 is 5.32 Å². The third kappa shape index (κ3) is 3.76. The van der Waals surface area contributed by atoms with Gasteiger partial charge in [0, 0.05) is 19.2 Å². The Bertz CT molecular complexity index is 187. The number of hydrogen-bond acceptors (Lipinski definition) is 2. The smallest absolute Gasteiger partial charge is 0.0618 e. The largest absolute Gasteiger partial charge is 0.383 e. The summed E-state index contributed by atoms with van der Waals surface area (Å²) < 4.78 is 5.31. The molecule has 2 rings (SSSR count). The molecule has 0 amide bonds. The minimum absolute atomic E-state index is 0.624. The van der Waals surface area contributed by atoms with E-state index in [1.54, 1.807) is 0 Å². The quantitative estimate of drug-likeness (QED) is 0.666. The van der Waals surface area contributed by atoms with Gasteiger partial charge in [-0.05, 0) is 37.5 Å². The molecule has 2 aliphatic carbocycles. The summed E-state index contributed by atoms with van der Waals surface area (Å²) in [6, 6.07) is 1.36. The summed E-state index contributed by atoms with van der Waals surface area (Å²) in [7, 11) is 1.82. The maximum atomic E-state index is 5.31. The van der Waals surface area contributed by atoms with Gasteiger partial charge in [-0.15, -0.1) is 0 Å². The van der Waals surface area contributed by atoms with Crippen LogP contribution in [-0.4, -0.2) is 25.8 Å². The average Bonchev–Trinajstić information content (AvgIpc) is 3.08. The topological polar surface area (TPSA) is 21.3 Å². The average molecular weight is 211 g/mol. The summed E-state index contributed by atoms with van der Waals surface area (Å²) in [4.78, 5) is 0. The lowest BCUT2D eigenvalue weighted by atomic mass is 10.1. The Hall–Kier alpha value is -0.0800. The van der Waals surface area contributed by atoms with Crippen LogP contribution in [0.3, 0.4) is 0 Å². The highest BCUT2D eigenvalue weighted by molar-refractivity contribution is 4.89. The van der Waals surface area contributed by atoms with Crippen molar-refractivity contribution < 1.29 is 4.74 Å². The molecule has 15 heavy (non-hydrogen) atoms. The molecule has 0 spiro atoms. The number of hydrogen-bond donors (Lipinski definition) is 1. The predicted molar refractivity (Wildman–Crippen MR) is 62.9 cm³/mol. The van der Waals surface area contributed by atoms with Crippen LogP contribution in [0.4, 0.5) is 0 Å². The van der Waals surface area contributed by atoms with E-state index in [-0.39, 0.29) is 0 Å². The molecule has 2 fully saturated rings. The molecule has 0 saturated heterocycles. The molecule has 0 bridgehead atoms. The fraction of sp³-hybridized carbons (Fsp3) is 1.00. The summed E-state index contributed by atoms with van der Waals surface area (Å²) in [5.74, 6) is 1.93. The van der Waals surface area contributed by atoms with Crippen LogP contribution in [0.5, 0.6) is 0 Å². The molecule has 2 aliphatic rings. The monoisotopic (exact) mass is 211 g/mol. The van der Waals surface area contributed by atoms with Gasteiger partial charge in [0.1, 0.15) is 0 Å². The second-order valence-electron chi connectivity index (χ2n) is 5.35. The van der Waals surface area contributed by atoms with Gasteiger partial charge in [0.25, 0.3) is 0 Å².